The van der Waals surface area contributed by atoms with Crippen LogP contribution in [0.25, 0.3) is 0 Å². The van der Waals surface area contributed by atoms with Gasteiger partial charge in [-0.25, -0.2) is 9.18 Å². The normalized spacial score (nSPS) is 44.2. The Balaban J connectivity index is 2.80. The molecular weight excluding hydrogens is 155 g/mol. The summed E-state index contributed by atoms with van der Waals surface area (Å²) in [6, 6.07) is 0. The van der Waals surface area contributed by atoms with E-state index < -0.39 is 30.5 Å². The van der Waals surface area contributed by atoms with E-state index in [1.165, 1.54) is 0 Å². The molecule has 4 nitrogen and oxygen atoms in total. The molecule has 1 rings (SSSR count). The number of carbonyl (C=O) groups excluding carboxylic acids is 1. The van der Waals surface area contributed by atoms with Gasteiger partial charge in [-0.2, -0.15) is 0 Å². The largest absolute Gasteiger partial charge is 0.455 e. The van der Waals surface area contributed by atoms with Gasteiger partial charge in [0.25, 0.3) is 0 Å². The first-order valence-corrected chi connectivity index (χ1v) is 3.19. The number of alkyl halides is 1. The molecule has 1 aliphatic rings. The molecule has 0 aromatic rings. The molecule has 2 N–H and O–H groups in total. The number of hydrogen-bond donors (Lipinski definition) is 2. The molecule has 3 atom stereocenters. The predicted octanol–water partition coefficient (Wildman–Crippen LogP) is -1.01. The summed E-state index contributed by atoms with van der Waals surface area (Å²) >= 11 is 0. The van der Waals surface area contributed by atoms with Crippen molar-refractivity contribution in [1.82, 2.24) is 0 Å². The molecule has 0 saturated carbocycles. The van der Waals surface area contributed by atoms with Gasteiger partial charge in [0.15, 0.2) is 6.10 Å². The van der Waals surface area contributed by atoms with Gasteiger partial charge < -0.3 is 14.9 Å². The summed E-state index contributed by atoms with van der Waals surface area (Å²) < 4.78 is 17.3. The number of rotatable bonds is 1. The number of aliphatic hydroxyl groups is 2. The minimum absolute atomic E-state index is 0.563. The molecule has 0 bridgehead atoms. The standard InChI is InChI=1S/C6H9FO4/c1-6(7)4(9)3(2-8)11-5(6)10/h3-4,8-9H,2H2,1H3/t3-,4+,6-/m1/s1. The van der Waals surface area contributed by atoms with E-state index in [1.54, 1.807) is 0 Å². The number of halogens is 1. The van der Waals surface area contributed by atoms with Crippen molar-refractivity contribution in [2.24, 2.45) is 0 Å². The van der Waals surface area contributed by atoms with E-state index >= 15 is 0 Å². The van der Waals surface area contributed by atoms with Crippen LogP contribution in [0.2, 0.25) is 0 Å². The van der Waals surface area contributed by atoms with Gasteiger partial charge >= 0.3 is 5.97 Å². The van der Waals surface area contributed by atoms with Crippen LogP contribution in [-0.2, 0) is 9.53 Å². The third-order valence-corrected chi connectivity index (χ3v) is 1.75. The second kappa shape index (κ2) is 2.42. The van der Waals surface area contributed by atoms with Crippen molar-refractivity contribution in [3.8, 4) is 0 Å². The van der Waals surface area contributed by atoms with Crippen molar-refractivity contribution < 1.29 is 24.1 Å². The zero-order chi connectivity index (χ0) is 8.65. The molecule has 1 heterocycles. The maximum atomic E-state index is 13.0. The molecule has 0 unspecified atom stereocenters. The van der Waals surface area contributed by atoms with Crippen LogP contribution in [0.5, 0.6) is 0 Å². The van der Waals surface area contributed by atoms with E-state index in [9.17, 15) is 9.18 Å². The fraction of sp³-hybridized carbons (Fsp3) is 0.833. The summed E-state index contributed by atoms with van der Waals surface area (Å²) in [7, 11) is 0. The molecule has 0 radical (unpaired) electrons. The summed E-state index contributed by atoms with van der Waals surface area (Å²) in [5, 5.41) is 17.5. The van der Waals surface area contributed by atoms with Gasteiger partial charge in [-0.3, -0.25) is 0 Å². The van der Waals surface area contributed by atoms with E-state index in [0.29, 0.717) is 0 Å². The van der Waals surface area contributed by atoms with Crippen molar-refractivity contribution in [2.45, 2.75) is 24.8 Å². The van der Waals surface area contributed by atoms with E-state index in [2.05, 4.69) is 4.74 Å². The van der Waals surface area contributed by atoms with Gasteiger partial charge in [0, 0.05) is 0 Å². The van der Waals surface area contributed by atoms with E-state index in [4.69, 9.17) is 10.2 Å². The Morgan fingerprint density at radius 2 is 2.36 bits per heavy atom. The Bertz CT molecular complexity index is 179. The number of hydrogen-bond acceptors (Lipinski definition) is 4. The Hall–Kier alpha value is -0.680. The molecule has 5 heteroatoms. The van der Waals surface area contributed by atoms with Crippen LogP contribution in [-0.4, -0.2) is 40.7 Å². The highest BCUT2D eigenvalue weighted by Crippen LogP contribution is 2.29. The Morgan fingerprint density at radius 1 is 1.82 bits per heavy atom. The fourth-order valence-corrected chi connectivity index (χ4v) is 0.924. The minimum atomic E-state index is -2.38. The lowest BCUT2D eigenvalue weighted by atomic mass is 10.0. The van der Waals surface area contributed by atoms with Gasteiger partial charge in [-0.15, -0.1) is 0 Å². The lowest BCUT2D eigenvalue weighted by Crippen LogP contribution is -2.40. The van der Waals surface area contributed by atoms with Crippen LogP contribution < -0.4 is 0 Å². The molecule has 0 spiro atoms. The van der Waals surface area contributed by atoms with E-state index in [1.807, 2.05) is 0 Å². The minimum Gasteiger partial charge on any atom is -0.455 e. The highest BCUT2D eigenvalue weighted by molar-refractivity contribution is 5.82. The van der Waals surface area contributed by atoms with Crippen LogP contribution in [0.1, 0.15) is 6.92 Å². The van der Waals surface area contributed by atoms with Crippen LogP contribution in [0.15, 0.2) is 0 Å². The Kier molecular flexibility index (Phi) is 1.85. The topological polar surface area (TPSA) is 66.8 Å². The number of carbonyl (C=O) groups is 1. The van der Waals surface area contributed by atoms with Gasteiger partial charge in [0.1, 0.15) is 6.10 Å². The van der Waals surface area contributed by atoms with Crippen LogP contribution in [0, 0.1) is 0 Å². The molecule has 0 aromatic heterocycles. The SMILES string of the molecule is C[C@]1(F)C(=O)O[C@H](CO)[C@@H]1O. The van der Waals surface area contributed by atoms with Crippen molar-refractivity contribution >= 4 is 5.97 Å². The summed E-state index contributed by atoms with van der Waals surface area (Å²) in [6.45, 7) is 0.363. The summed E-state index contributed by atoms with van der Waals surface area (Å²) in [5.74, 6) is -1.12. The fourth-order valence-electron chi connectivity index (χ4n) is 0.924. The summed E-state index contributed by atoms with van der Waals surface area (Å²) in [4.78, 5) is 10.6. The van der Waals surface area contributed by atoms with E-state index in [0.717, 1.165) is 6.92 Å². The van der Waals surface area contributed by atoms with Crippen LogP contribution in [0.4, 0.5) is 4.39 Å². The van der Waals surface area contributed by atoms with Gasteiger partial charge in [-0.1, -0.05) is 0 Å². The average Bonchev–Trinajstić information content (AvgIpc) is 2.14. The van der Waals surface area contributed by atoms with E-state index in [-0.39, 0.29) is 0 Å². The lowest BCUT2D eigenvalue weighted by Gasteiger charge is -2.14. The van der Waals surface area contributed by atoms with Crippen LogP contribution in [0.3, 0.4) is 0 Å². The quantitative estimate of drug-likeness (QED) is 0.487. The third kappa shape index (κ3) is 1.10. The molecule has 1 fully saturated rings. The Morgan fingerprint density at radius 3 is 2.55 bits per heavy atom. The lowest BCUT2D eigenvalue weighted by molar-refractivity contribution is -0.150. The van der Waals surface area contributed by atoms with Crippen molar-refractivity contribution in [3.63, 3.8) is 0 Å². The maximum absolute atomic E-state index is 13.0. The molecule has 1 aliphatic heterocycles. The first-order chi connectivity index (χ1) is 5.00. The van der Waals surface area contributed by atoms with Gasteiger partial charge in [0.05, 0.1) is 6.61 Å². The molecular formula is C6H9FO4. The monoisotopic (exact) mass is 164 g/mol. The zero-order valence-corrected chi connectivity index (χ0v) is 5.95. The molecule has 1 saturated heterocycles. The molecule has 0 aliphatic carbocycles. The first-order valence-electron chi connectivity index (χ1n) is 3.19. The maximum Gasteiger partial charge on any atom is 0.346 e. The number of ether oxygens (including phenoxy) is 1. The molecule has 0 amide bonds. The summed E-state index contributed by atoms with van der Waals surface area (Å²) in [5.41, 5.74) is -2.38. The zero-order valence-electron chi connectivity index (χ0n) is 5.95. The number of aliphatic hydroxyl groups excluding tert-OH is 2. The average molecular weight is 164 g/mol. The molecule has 64 valence electrons. The smallest absolute Gasteiger partial charge is 0.346 e. The second-order valence-electron chi connectivity index (χ2n) is 2.65. The predicted molar refractivity (Wildman–Crippen MR) is 32.5 cm³/mol. The number of cyclic esters (lactones) is 1. The van der Waals surface area contributed by atoms with Gasteiger partial charge in [0.2, 0.25) is 5.67 Å². The third-order valence-electron chi connectivity index (χ3n) is 1.75. The van der Waals surface area contributed by atoms with Crippen LogP contribution >= 0.6 is 0 Å². The first kappa shape index (κ1) is 8.42. The number of esters is 1. The second-order valence-corrected chi connectivity index (χ2v) is 2.65. The van der Waals surface area contributed by atoms with Crippen molar-refractivity contribution in [1.29, 1.82) is 0 Å². The van der Waals surface area contributed by atoms with Gasteiger partial charge in [-0.05, 0) is 6.92 Å². The highest BCUT2D eigenvalue weighted by atomic mass is 19.1. The molecule has 11 heavy (non-hydrogen) atoms. The van der Waals surface area contributed by atoms with Crippen molar-refractivity contribution in [3.05, 3.63) is 0 Å². The Labute approximate surface area is 62.6 Å². The highest BCUT2D eigenvalue weighted by Gasteiger charge is 2.54. The van der Waals surface area contributed by atoms with Crippen molar-refractivity contribution in [2.75, 3.05) is 6.61 Å². The molecule has 0 aromatic carbocycles. The summed E-state index contributed by atoms with van der Waals surface area (Å²) in [6.07, 6.45) is -2.70.